The largest absolute Gasteiger partial charge is 0.388 e. The molecule has 0 fully saturated rings. The Kier molecular flexibility index (Phi) is 2.99. The number of hydrogen-bond donors (Lipinski definition) is 1. The molecule has 2 heteroatoms. The lowest BCUT2D eigenvalue weighted by Gasteiger charge is -2.12. The standard InChI is InChI=1S/C10H14ClN/c1-7(2)9-5-4-8(11)6-10(9)12-3/h4-7,12H,1-3H3. The molecule has 0 spiro atoms. The fraction of sp³-hybridized carbons (Fsp3) is 0.400. The number of anilines is 1. The summed E-state index contributed by atoms with van der Waals surface area (Å²) in [6.45, 7) is 4.34. The summed E-state index contributed by atoms with van der Waals surface area (Å²) in [6, 6.07) is 5.95. The molecule has 0 heterocycles. The summed E-state index contributed by atoms with van der Waals surface area (Å²) in [5.74, 6) is 0.532. The molecule has 1 rings (SSSR count). The van der Waals surface area contributed by atoms with Gasteiger partial charge in [-0.1, -0.05) is 31.5 Å². The van der Waals surface area contributed by atoms with E-state index in [0.29, 0.717) is 5.92 Å². The molecular formula is C10H14ClN. The van der Waals surface area contributed by atoms with Gasteiger partial charge in [0.2, 0.25) is 0 Å². The zero-order chi connectivity index (χ0) is 9.14. The average molecular weight is 184 g/mol. The van der Waals surface area contributed by atoms with E-state index < -0.39 is 0 Å². The van der Waals surface area contributed by atoms with E-state index in [0.717, 1.165) is 10.7 Å². The van der Waals surface area contributed by atoms with Gasteiger partial charge in [0.15, 0.2) is 0 Å². The second-order valence-corrected chi connectivity index (χ2v) is 3.57. The smallest absolute Gasteiger partial charge is 0.0426 e. The maximum atomic E-state index is 5.86. The Hall–Kier alpha value is -0.690. The number of hydrogen-bond acceptors (Lipinski definition) is 1. The Morgan fingerprint density at radius 2 is 2.00 bits per heavy atom. The quantitative estimate of drug-likeness (QED) is 0.740. The molecule has 0 aliphatic heterocycles. The van der Waals surface area contributed by atoms with E-state index in [-0.39, 0.29) is 0 Å². The van der Waals surface area contributed by atoms with Gasteiger partial charge in [-0.2, -0.15) is 0 Å². The molecule has 0 aliphatic carbocycles. The van der Waals surface area contributed by atoms with Crippen LogP contribution in [0.2, 0.25) is 5.02 Å². The molecule has 0 amide bonds. The predicted octanol–water partition coefficient (Wildman–Crippen LogP) is 3.51. The van der Waals surface area contributed by atoms with Gasteiger partial charge in [-0.05, 0) is 23.6 Å². The fourth-order valence-corrected chi connectivity index (χ4v) is 1.42. The summed E-state index contributed by atoms with van der Waals surface area (Å²) in [5, 5.41) is 3.91. The molecule has 0 radical (unpaired) electrons. The third-order valence-electron chi connectivity index (χ3n) is 1.91. The van der Waals surface area contributed by atoms with Crippen LogP contribution in [-0.4, -0.2) is 7.05 Å². The van der Waals surface area contributed by atoms with Crippen LogP contribution in [0.5, 0.6) is 0 Å². The van der Waals surface area contributed by atoms with E-state index in [1.165, 1.54) is 5.56 Å². The summed E-state index contributed by atoms with van der Waals surface area (Å²) in [7, 11) is 1.91. The van der Waals surface area contributed by atoms with Crippen LogP contribution in [0.25, 0.3) is 0 Å². The number of nitrogens with one attached hydrogen (secondary N) is 1. The number of rotatable bonds is 2. The zero-order valence-corrected chi connectivity index (χ0v) is 8.44. The first-order chi connectivity index (χ1) is 5.65. The highest BCUT2D eigenvalue weighted by Crippen LogP contribution is 2.26. The van der Waals surface area contributed by atoms with E-state index in [4.69, 9.17) is 11.6 Å². The van der Waals surface area contributed by atoms with Crippen LogP contribution in [-0.2, 0) is 0 Å². The monoisotopic (exact) mass is 183 g/mol. The Balaban J connectivity index is 3.11. The number of benzene rings is 1. The van der Waals surface area contributed by atoms with Crippen molar-refractivity contribution >= 4 is 17.3 Å². The Morgan fingerprint density at radius 3 is 2.50 bits per heavy atom. The first kappa shape index (κ1) is 9.40. The van der Waals surface area contributed by atoms with E-state index in [1.54, 1.807) is 0 Å². The molecule has 0 saturated carbocycles. The highest BCUT2D eigenvalue weighted by molar-refractivity contribution is 6.30. The van der Waals surface area contributed by atoms with Crippen molar-refractivity contribution in [3.63, 3.8) is 0 Å². The SMILES string of the molecule is CNc1cc(Cl)ccc1C(C)C. The number of halogens is 1. The maximum absolute atomic E-state index is 5.86. The first-order valence-electron chi connectivity index (χ1n) is 4.12. The molecule has 12 heavy (non-hydrogen) atoms. The van der Waals surface area contributed by atoms with Crippen molar-refractivity contribution < 1.29 is 0 Å². The second-order valence-electron chi connectivity index (χ2n) is 3.14. The van der Waals surface area contributed by atoms with Crippen molar-refractivity contribution in [2.24, 2.45) is 0 Å². The van der Waals surface area contributed by atoms with E-state index in [9.17, 15) is 0 Å². The maximum Gasteiger partial charge on any atom is 0.0426 e. The van der Waals surface area contributed by atoms with Crippen LogP contribution < -0.4 is 5.32 Å². The third kappa shape index (κ3) is 1.92. The molecule has 0 aliphatic rings. The molecule has 1 aromatic rings. The van der Waals surface area contributed by atoms with Gasteiger partial charge in [0, 0.05) is 17.8 Å². The second kappa shape index (κ2) is 3.81. The molecule has 1 N–H and O–H groups in total. The van der Waals surface area contributed by atoms with Gasteiger partial charge < -0.3 is 5.32 Å². The molecule has 1 aromatic carbocycles. The lowest BCUT2D eigenvalue weighted by Crippen LogP contribution is -1.96. The van der Waals surface area contributed by atoms with Crippen molar-refractivity contribution in [2.75, 3.05) is 12.4 Å². The molecule has 0 atom stereocenters. The van der Waals surface area contributed by atoms with Gasteiger partial charge in [0.05, 0.1) is 0 Å². The highest BCUT2D eigenvalue weighted by atomic mass is 35.5. The first-order valence-corrected chi connectivity index (χ1v) is 4.50. The molecule has 0 bridgehead atoms. The van der Waals surface area contributed by atoms with E-state index in [1.807, 2.05) is 19.2 Å². The fourth-order valence-electron chi connectivity index (χ4n) is 1.25. The summed E-state index contributed by atoms with van der Waals surface area (Å²) in [5.41, 5.74) is 2.43. The topological polar surface area (TPSA) is 12.0 Å². The molecule has 0 saturated heterocycles. The Morgan fingerprint density at radius 1 is 1.33 bits per heavy atom. The van der Waals surface area contributed by atoms with Crippen molar-refractivity contribution in [1.82, 2.24) is 0 Å². The van der Waals surface area contributed by atoms with Crippen LogP contribution in [0.3, 0.4) is 0 Å². The highest BCUT2D eigenvalue weighted by Gasteiger charge is 2.04. The van der Waals surface area contributed by atoms with Crippen molar-refractivity contribution in [3.8, 4) is 0 Å². The minimum Gasteiger partial charge on any atom is -0.388 e. The summed E-state index contributed by atoms with van der Waals surface area (Å²) >= 11 is 5.86. The van der Waals surface area contributed by atoms with Crippen molar-refractivity contribution in [1.29, 1.82) is 0 Å². The summed E-state index contributed by atoms with van der Waals surface area (Å²) in [4.78, 5) is 0. The molecular weight excluding hydrogens is 170 g/mol. The van der Waals surface area contributed by atoms with Gasteiger partial charge in [-0.15, -0.1) is 0 Å². The van der Waals surface area contributed by atoms with E-state index >= 15 is 0 Å². The average Bonchev–Trinajstić information content (AvgIpc) is 2.03. The Bertz CT molecular complexity index is 269. The molecule has 66 valence electrons. The van der Waals surface area contributed by atoms with Gasteiger partial charge in [-0.25, -0.2) is 0 Å². The van der Waals surface area contributed by atoms with Crippen LogP contribution >= 0.6 is 11.6 Å². The summed E-state index contributed by atoms with van der Waals surface area (Å²) < 4.78 is 0. The zero-order valence-electron chi connectivity index (χ0n) is 7.69. The predicted molar refractivity (Wildman–Crippen MR) is 55.1 cm³/mol. The van der Waals surface area contributed by atoms with Gasteiger partial charge in [0.1, 0.15) is 0 Å². The van der Waals surface area contributed by atoms with Crippen LogP contribution in [0, 0.1) is 0 Å². The van der Waals surface area contributed by atoms with Gasteiger partial charge in [-0.3, -0.25) is 0 Å². The normalized spacial score (nSPS) is 10.4. The van der Waals surface area contributed by atoms with E-state index in [2.05, 4.69) is 25.2 Å². The Labute approximate surface area is 78.7 Å². The van der Waals surface area contributed by atoms with Crippen molar-refractivity contribution in [2.45, 2.75) is 19.8 Å². The minimum absolute atomic E-state index is 0.532. The minimum atomic E-state index is 0.532. The molecule has 1 nitrogen and oxygen atoms in total. The molecule has 0 unspecified atom stereocenters. The van der Waals surface area contributed by atoms with Crippen LogP contribution in [0.4, 0.5) is 5.69 Å². The van der Waals surface area contributed by atoms with Crippen molar-refractivity contribution in [3.05, 3.63) is 28.8 Å². The van der Waals surface area contributed by atoms with Gasteiger partial charge in [0.25, 0.3) is 0 Å². The van der Waals surface area contributed by atoms with Crippen LogP contribution in [0.15, 0.2) is 18.2 Å². The third-order valence-corrected chi connectivity index (χ3v) is 2.14. The molecule has 0 aromatic heterocycles. The summed E-state index contributed by atoms with van der Waals surface area (Å²) in [6.07, 6.45) is 0. The lowest BCUT2D eigenvalue weighted by molar-refractivity contribution is 0.868. The lowest BCUT2D eigenvalue weighted by atomic mass is 10.0. The van der Waals surface area contributed by atoms with Crippen LogP contribution in [0.1, 0.15) is 25.3 Å². The van der Waals surface area contributed by atoms with Gasteiger partial charge >= 0.3 is 0 Å².